The van der Waals surface area contributed by atoms with Crippen molar-refractivity contribution in [3.8, 4) is 0 Å². The van der Waals surface area contributed by atoms with Gasteiger partial charge >= 0.3 is 5.97 Å². The largest absolute Gasteiger partial charge is 0.481 e. The van der Waals surface area contributed by atoms with Crippen LogP contribution in [0.1, 0.15) is 57.8 Å². The lowest BCUT2D eigenvalue weighted by Crippen LogP contribution is -2.37. The normalized spacial score (nSPS) is 28.8. The van der Waals surface area contributed by atoms with Crippen molar-refractivity contribution in [2.75, 3.05) is 6.54 Å². The van der Waals surface area contributed by atoms with Crippen molar-refractivity contribution in [3.05, 3.63) is 0 Å². The number of carboxylic acid groups (broad SMARTS) is 1. The molecule has 2 fully saturated rings. The van der Waals surface area contributed by atoms with Gasteiger partial charge in [0, 0.05) is 12.5 Å². The third kappa shape index (κ3) is 4.22. The van der Waals surface area contributed by atoms with Crippen LogP contribution in [0.4, 0.5) is 0 Å². The van der Waals surface area contributed by atoms with Gasteiger partial charge in [-0.15, -0.1) is 0 Å². The van der Waals surface area contributed by atoms with Gasteiger partial charge in [0.05, 0.1) is 5.92 Å². The molecule has 0 radical (unpaired) electrons. The van der Waals surface area contributed by atoms with Crippen LogP contribution in [-0.4, -0.2) is 23.5 Å². The molecule has 0 aromatic carbocycles. The molecular weight excluding hydrogens is 242 g/mol. The number of nitrogens with one attached hydrogen (secondary N) is 1. The Balaban J connectivity index is 1.67. The van der Waals surface area contributed by atoms with Crippen LogP contribution < -0.4 is 5.32 Å². The first-order valence-corrected chi connectivity index (χ1v) is 7.67. The van der Waals surface area contributed by atoms with Gasteiger partial charge in [-0.2, -0.15) is 0 Å². The van der Waals surface area contributed by atoms with Crippen LogP contribution in [0.25, 0.3) is 0 Å². The molecule has 2 aliphatic rings. The Morgan fingerprint density at radius 3 is 2.05 bits per heavy atom. The summed E-state index contributed by atoms with van der Waals surface area (Å²) in [6.07, 6.45) is 9.17. The zero-order chi connectivity index (χ0) is 13.7. The molecule has 0 spiro atoms. The maximum atomic E-state index is 12.1. The van der Waals surface area contributed by atoms with Crippen molar-refractivity contribution in [2.24, 2.45) is 17.8 Å². The summed E-state index contributed by atoms with van der Waals surface area (Å²) >= 11 is 0. The summed E-state index contributed by atoms with van der Waals surface area (Å²) in [6, 6.07) is 0. The quantitative estimate of drug-likeness (QED) is 0.822. The zero-order valence-corrected chi connectivity index (χ0v) is 11.6. The molecule has 108 valence electrons. The molecule has 4 nitrogen and oxygen atoms in total. The van der Waals surface area contributed by atoms with E-state index in [1.807, 2.05) is 0 Å². The first-order chi connectivity index (χ1) is 9.16. The molecule has 1 amide bonds. The highest BCUT2D eigenvalue weighted by Crippen LogP contribution is 2.29. The number of amides is 1. The Bertz CT molecular complexity index is 315. The number of hydrogen-bond acceptors (Lipinski definition) is 2. The van der Waals surface area contributed by atoms with Crippen LogP contribution in [0.5, 0.6) is 0 Å². The standard InChI is InChI=1S/C15H25NO3/c17-14(16-10-11-4-2-1-3-5-11)12-6-8-13(9-7-12)15(18)19/h11-13H,1-10H2,(H,16,17)(H,18,19). The lowest BCUT2D eigenvalue weighted by molar-refractivity contribution is -0.144. The molecule has 0 heterocycles. The monoisotopic (exact) mass is 267 g/mol. The molecule has 0 unspecified atom stereocenters. The lowest BCUT2D eigenvalue weighted by Gasteiger charge is -2.27. The molecule has 2 aliphatic carbocycles. The van der Waals surface area contributed by atoms with E-state index in [0.29, 0.717) is 18.8 Å². The highest BCUT2D eigenvalue weighted by atomic mass is 16.4. The van der Waals surface area contributed by atoms with E-state index in [9.17, 15) is 9.59 Å². The molecule has 0 bridgehead atoms. The molecule has 0 saturated heterocycles. The Labute approximate surface area is 115 Å². The van der Waals surface area contributed by atoms with Gasteiger partial charge in [0.1, 0.15) is 0 Å². The average Bonchev–Trinajstić information content (AvgIpc) is 2.46. The predicted octanol–water partition coefficient (Wildman–Crippen LogP) is 2.57. The van der Waals surface area contributed by atoms with E-state index in [4.69, 9.17) is 5.11 Å². The molecule has 2 N–H and O–H groups in total. The number of carbonyl (C=O) groups is 2. The summed E-state index contributed by atoms with van der Waals surface area (Å²) in [5.41, 5.74) is 0. The van der Waals surface area contributed by atoms with Gasteiger partial charge in [0.2, 0.25) is 5.91 Å². The van der Waals surface area contributed by atoms with Crippen molar-refractivity contribution in [2.45, 2.75) is 57.8 Å². The topological polar surface area (TPSA) is 66.4 Å². The molecule has 0 aliphatic heterocycles. The molecule has 2 rings (SSSR count). The Morgan fingerprint density at radius 1 is 0.895 bits per heavy atom. The second-order valence-electron chi connectivity index (χ2n) is 6.14. The molecule has 0 aromatic heterocycles. The van der Waals surface area contributed by atoms with E-state index in [0.717, 1.165) is 19.4 Å². The SMILES string of the molecule is O=C(O)C1CCC(C(=O)NCC2CCCCC2)CC1. The maximum absolute atomic E-state index is 12.1. The van der Waals surface area contributed by atoms with Gasteiger partial charge in [0.25, 0.3) is 0 Å². The molecular formula is C15H25NO3. The highest BCUT2D eigenvalue weighted by molar-refractivity contribution is 5.79. The summed E-state index contributed by atoms with van der Waals surface area (Å²) < 4.78 is 0. The number of aliphatic carboxylic acids is 1. The fraction of sp³-hybridized carbons (Fsp3) is 0.867. The third-order valence-electron chi connectivity index (χ3n) is 4.74. The second kappa shape index (κ2) is 6.92. The second-order valence-corrected chi connectivity index (χ2v) is 6.14. The van der Waals surface area contributed by atoms with Gasteiger partial charge in [-0.1, -0.05) is 19.3 Å². The first kappa shape index (κ1) is 14.4. The third-order valence-corrected chi connectivity index (χ3v) is 4.74. The van der Waals surface area contributed by atoms with E-state index in [2.05, 4.69) is 5.32 Å². The van der Waals surface area contributed by atoms with Crippen molar-refractivity contribution in [1.82, 2.24) is 5.32 Å². The number of carboxylic acids is 1. The summed E-state index contributed by atoms with van der Waals surface area (Å²) in [5, 5.41) is 12.0. The van der Waals surface area contributed by atoms with Crippen molar-refractivity contribution in [1.29, 1.82) is 0 Å². The van der Waals surface area contributed by atoms with Crippen LogP contribution in [0, 0.1) is 17.8 Å². The van der Waals surface area contributed by atoms with E-state index >= 15 is 0 Å². The van der Waals surface area contributed by atoms with E-state index in [-0.39, 0.29) is 17.7 Å². The minimum absolute atomic E-state index is 0.0409. The van der Waals surface area contributed by atoms with Crippen LogP contribution in [0.15, 0.2) is 0 Å². The van der Waals surface area contributed by atoms with E-state index < -0.39 is 5.97 Å². The van der Waals surface area contributed by atoms with Crippen LogP contribution >= 0.6 is 0 Å². The fourth-order valence-electron chi connectivity index (χ4n) is 3.38. The minimum Gasteiger partial charge on any atom is -0.481 e. The zero-order valence-electron chi connectivity index (χ0n) is 11.6. The molecule has 0 atom stereocenters. The molecule has 0 aromatic rings. The lowest BCUT2D eigenvalue weighted by atomic mass is 9.81. The summed E-state index contributed by atoms with van der Waals surface area (Å²) in [6.45, 7) is 0.817. The highest BCUT2D eigenvalue weighted by Gasteiger charge is 2.29. The van der Waals surface area contributed by atoms with Gasteiger partial charge in [0.15, 0.2) is 0 Å². The van der Waals surface area contributed by atoms with Crippen molar-refractivity contribution in [3.63, 3.8) is 0 Å². The summed E-state index contributed by atoms with van der Waals surface area (Å²) in [7, 11) is 0. The Kier molecular flexibility index (Phi) is 5.23. The van der Waals surface area contributed by atoms with Crippen LogP contribution in [-0.2, 0) is 9.59 Å². The summed E-state index contributed by atoms with van der Waals surface area (Å²) in [4.78, 5) is 22.9. The van der Waals surface area contributed by atoms with Crippen molar-refractivity contribution < 1.29 is 14.7 Å². The van der Waals surface area contributed by atoms with Crippen molar-refractivity contribution >= 4 is 11.9 Å². The fourth-order valence-corrected chi connectivity index (χ4v) is 3.38. The van der Waals surface area contributed by atoms with Crippen LogP contribution in [0.3, 0.4) is 0 Å². The smallest absolute Gasteiger partial charge is 0.306 e. The average molecular weight is 267 g/mol. The van der Waals surface area contributed by atoms with Gasteiger partial charge in [-0.25, -0.2) is 0 Å². The molecule has 19 heavy (non-hydrogen) atoms. The van der Waals surface area contributed by atoms with Gasteiger partial charge < -0.3 is 10.4 Å². The predicted molar refractivity (Wildman–Crippen MR) is 72.7 cm³/mol. The van der Waals surface area contributed by atoms with Gasteiger partial charge in [-0.05, 0) is 44.4 Å². The minimum atomic E-state index is -0.707. The Morgan fingerprint density at radius 2 is 1.47 bits per heavy atom. The van der Waals surface area contributed by atoms with Gasteiger partial charge in [-0.3, -0.25) is 9.59 Å². The summed E-state index contributed by atoms with van der Waals surface area (Å²) in [5.74, 6) is -0.0925. The van der Waals surface area contributed by atoms with E-state index in [1.165, 1.54) is 32.1 Å². The Hall–Kier alpha value is -1.06. The maximum Gasteiger partial charge on any atom is 0.306 e. The van der Waals surface area contributed by atoms with Crippen LogP contribution in [0.2, 0.25) is 0 Å². The molecule has 2 saturated carbocycles. The number of carbonyl (C=O) groups excluding carboxylic acids is 1. The first-order valence-electron chi connectivity index (χ1n) is 7.67. The van der Waals surface area contributed by atoms with E-state index in [1.54, 1.807) is 0 Å². The molecule has 4 heteroatoms. The number of hydrogen-bond donors (Lipinski definition) is 2. The number of rotatable bonds is 4.